The van der Waals surface area contributed by atoms with Gasteiger partial charge in [-0.25, -0.2) is 4.79 Å². The lowest BCUT2D eigenvalue weighted by atomic mass is 10.3. The summed E-state index contributed by atoms with van der Waals surface area (Å²) in [5.74, 6) is -0.924. The quantitative estimate of drug-likeness (QED) is 0.700. The number of hydrogen-bond donors (Lipinski definition) is 1. The first-order valence-electron chi connectivity index (χ1n) is 3.03. The Morgan fingerprint density at radius 2 is 2.36 bits per heavy atom. The van der Waals surface area contributed by atoms with E-state index in [1.165, 1.54) is 13.2 Å². The molecule has 0 saturated carbocycles. The van der Waals surface area contributed by atoms with Crippen LogP contribution < -0.4 is 4.74 Å². The Balaban J connectivity index is 3.07. The van der Waals surface area contributed by atoms with Crippen LogP contribution in [0.25, 0.3) is 0 Å². The van der Waals surface area contributed by atoms with Gasteiger partial charge in [0.2, 0.25) is 5.76 Å². The first-order valence-corrected chi connectivity index (χ1v) is 3.03. The van der Waals surface area contributed by atoms with Crippen molar-refractivity contribution in [2.45, 2.75) is 6.92 Å². The number of rotatable bonds is 2. The Hall–Kier alpha value is -1.45. The third kappa shape index (κ3) is 1.34. The summed E-state index contributed by atoms with van der Waals surface area (Å²) in [5.41, 5.74) is 0.564. The van der Waals surface area contributed by atoms with E-state index in [2.05, 4.69) is 0 Å². The molecule has 0 unspecified atom stereocenters. The fourth-order valence-corrected chi connectivity index (χ4v) is 0.766. The fraction of sp³-hybridized carbons (Fsp3) is 0.286. The summed E-state index contributed by atoms with van der Waals surface area (Å²) in [6.45, 7) is 1.65. The van der Waals surface area contributed by atoms with Gasteiger partial charge in [0.05, 0.1) is 7.11 Å². The van der Waals surface area contributed by atoms with Crippen molar-refractivity contribution < 1.29 is 19.1 Å². The number of aromatic carboxylic acids is 1. The molecule has 11 heavy (non-hydrogen) atoms. The van der Waals surface area contributed by atoms with Crippen LogP contribution in [0.5, 0.6) is 5.95 Å². The molecule has 0 aliphatic heterocycles. The highest BCUT2D eigenvalue weighted by molar-refractivity contribution is 5.86. The van der Waals surface area contributed by atoms with Crippen LogP contribution in [-0.2, 0) is 0 Å². The fourth-order valence-electron chi connectivity index (χ4n) is 0.766. The summed E-state index contributed by atoms with van der Waals surface area (Å²) in [4.78, 5) is 10.4. The lowest BCUT2D eigenvalue weighted by Gasteiger charge is -1.89. The van der Waals surface area contributed by atoms with Crippen molar-refractivity contribution in [2.75, 3.05) is 7.11 Å². The van der Waals surface area contributed by atoms with Gasteiger partial charge in [-0.2, -0.15) is 0 Å². The molecule has 1 N–H and O–H groups in total. The largest absolute Gasteiger partial charge is 0.475 e. The molecule has 0 aliphatic carbocycles. The van der Waals surface area contributed by atoms with Gasteiger partial charge in [-0.15, -0.1) is 0 Å². The van der Waals surface area contributed by atoms with Gasteiger partial charge in [-0.1, -0.05) is 0 Å². The Labute approximate surface area is 63.4 Å². The predicted octanol–water partition coefficient (Wildman–Crippen LogP) is 1.29. The third-order valence-electron chi connectivity index (χ3n) is 1.29. The molecule has 0 atom stereocenters. The van der Waals surface area contributed by atoms with Crippen molar-refractivity contribution in [3.63, 3.8) is 0 Å². The van der Waals surface area contributed by atoms with E-state index in [0.29, 0.717) is 5.56 Å². The van der Waals surface area contributed by atoms with Crippen LogP contribution >= 0.6 is 0 Å². The van der Waals surface area contributed by atoms with Gasteiger partial charge in [0, 0.05) is 11.6 Å². The van der Waals surface area contributed by atoms with E-state index in [1.807, 2.05) is 0 Å². The molecule has 4 heteroatoms. The number of ether oxygens (including phenoxy) is 1. The van der Waals surface area contributed by atoms with Gasteiger partial charge >= 0.3 is 5.97 Å². The maximum atomic E-state index is 10.4. The zero-order chi connectivity index (χ0) is 8.43. The predicted molar refractivity (Wildman–Crippen MR) is 37.0 cm³/mol. The summed E-state index contributed by atoms with van der Waals surface area (Å²) in [6.07, 6.45) is 0. The van der Waals surface area contributed by atoms with Crippen molar-refractivity contribution in [3.8, 4) is 5.95 Å². The third-order valence-corrected chi connectivity index (χ3v) is 1.29. The Morgan fingerprint density at radius 1 is 1.73 bits per heavy atom. The summed E-state index contributed by atoms with van der Waals surface area (Å²) in [7, 11) is 1.42. The highest BCUT2D eigenvalue weighted by Gasteiger charge is 2.13. The molecule has 4 nitrogen and oxygen atoms in total. The smallest absolute Gasteiger partial charge is 0.372 e. The zero-order valence-corrected chi connectivity index (χ0v) is 6.25. The molecule has 0 spiro atoms. The minimum absolute atomic E-state index is 0.0677. The van der Waals surface area contributed by atoms with E-state index in [-0.39, 0.29) is 11.7 Å². The van der Waals surface area contributed by atoms with Crippen LogP contribution in [-0.4, -0.2) is 18.2 Å². The number of hydrogen-bond acceptors (Lipinski definition) is 3. The summed E-state index contributed by atoms with van der Waals surface area (Å²) < 4.78 is 9.50. The van der Waals surface area contributed by atoms with Crippen LogP contribution in [0, 0.1) is 6.92 Å². The van der Waals surface area contributed by atoms with Crippen molar-refractivity contribution in [3.05, 3.63) is 17.4 Å². The van der Waals surface area contributed by atoms with E-state index >= 15 is 0 Å². The molecule has 0 aromatic carbocycles. The van der Waals surface area contributed by atoms with Crippen molar-refractivity contribution in [1.82, 2.24) is 0 Å². The zero-order valence-electron chi connectivity index (χ0n) is 6.25. The first kappa shape index (κ1) is 7.65. The van der Waals surface area contributed by atoms with Gasteiger partial charge in [0.1, 0.15) is 0 Å². The minimum Gasteiger partial charge on any atom is -0.475 e. The summed E-state index contributed by atoms with van der Waals surface area (Å²) in [5, 5.41) is 8.53. The van der Waals surface area contributed by atoms with E-state index in [9.17, 15) is 4.79 Å². The second kappa shape index (κ2) is 2.65. The van der Waals surface area contributed by atoms with Gasteiger partial charge < -0.3 is 14.3 Å². The SMILES string of the molecule is COc1cc(C)c(C(=O)O)o1. The molecule has 0 radical (unpaired) electrons. The second-order valence-electron chi connectivity index (χ2n) is 2.09. The number of methoxy groups -OCH3 is 1. The van der Waals surface area contributed by atoms with E-state index in [0.717, 1.165) is 0 Å². The van der Waals surface area contributed by atoms with E-state index < -0.39 is 5.97 Å². The highest BCUT2D eigenvalue weighted by Crippen LogP contribution is 2.20. The number of furan rings is 1. The molecular weight excluding hydrogens is 148 g/mol. The average Bonchev–Trinajstić information content (AvgIpc) is 2.30. The molecule has 0 aliphatic rings. The van der Waals surface area contributed by atoms with Crippen LogP contribution in [0.2, 0.25) is 0 Å². The highest BCUT2D eigenvalue weighted by atomic mass is 16.6. The van der Waals surface area contributed by atoms with Crippen molar-refractivity contribution in [2.24, 2.45) is 0 Å². The normalized spacial score (nSPS) is 9.64. The molecule has 0 fully saturated rings. The molecule has 1 heterocycles. The van der Waals surface area contributed by atoms with E-state index in [1.54, 1.807) is 6.92 Å². The van der Waals surface area contributed by atoms with Crippen LogP contribution in [0.3, 0.4) is 0 Å². The van der Waals surface area contributed by atoms with Crippen LogP contribution in [0.1, 0.15) is 16.1 Å². The standard InChI is InChI=1S/C7H8O4/c1-4-3-5(10-2)11-6(4)7(8)9/h3H,1-2H3,(H,8,9). The van der Waals surface area contributed by atoms with Gasteiger partial charge in [0.15, 0.2) is 0 Å². The molecule has 0 amide bonds. The number of carboxylic acid groups (broad SMARTS) is 1. The molecular formula is C7H8O4. The molecule has 1 aromatic heterocycles. The maximum absolute atomic E-state index is 10.4. The van der Waals surface area contributed by atoms with Crippen LogP contribution in [0.4, 0.5) is 0 Å². The number of carbonyl (C=O) groups is 1. The number of aryl methyl sites for hydroxylation is 1. The molecule has 1 aromatic rings. The Morgan fingerprint density at radius 3 is 2.64 bits per heavy atom. The lowest BCUT2D eigenvalue weighted by molar-refractivity contribution is 0.0655. The van der Waals surface area contributed by atoms with Crippen molar-refractivity contribution >= 4 is 5.97 Å². The van der Waals surface area contributed by atoms with E-state index in [4.69, 9.17) is 14.3 Å². The first-order chi connectivity index (χ1) is 5.15. The Kier molecular flexibility index (Phi) is 1.85. The Bertz CT molecular complexity index is 274. The summed E-state index contributed by atoms with van der Waals surface area (Å²) >= 11 is 0. The maximum Gasteiger partial charge on any atom is 0.372 e. The van der Waals surface area contributed by atoms with Crippen molar-refractivity contribution in [1.29, 1.82) is 0 Å². The average molecular weight is 156 g/mol. The molecule has 1 rings (SSSR count). The van der Waals surface area contributed by atoms with Crippen LogP contribution in [0.15, 0.2) is 10.5 Å². The minimum atomic E-state index is -1.08. The molecule has 0 saturated heterocycles. The van der Waals surface area contributed by atoms with Gasteiger partial charge in [-0.05, 0) is 6.92 Å². The number of carboxylic acids is 1. The molecule has 0 bridgehead atoms. The topological polar surface area (TPSA) is 59.7 Å². The van der Waals surface area contributed by atoms with Gasteiger partial charge in [-0.3, -0.25) is 0 Å². The monoisotopic (exact) mass is 156 g/mol. The molecule has 60 valence electrons. The van der Waals surface area contributed by atoms with Gasteiger partial charge in [0.25, 0.3) is 5.95 Å². The lowest BCUT2D eigenvalue weighted by Crippen LogP contribution is -1.94. The second-order valence-corrected chi connectivity index (χ2v) is 2.09. The summed E-state index contributed by atoms with van der Waals surface area (Å²) in [6, 6.07) is 1.53.